The van der Waals surface area contributed by atoms with E-state index in [0.29, 0.717) is 5.56 Å². The number of nitrogens with one attached hydrogen (secondary N) is 1. The molecule has 0 amide bonds. The number of carbonyl (C=O) groups excluding carboxylic acids is 1. The van der Waals surface area contributed by atoms with Crippen molar-refractivity contribution in [2.45, 2.75) is 40.2 Å². The van der Waals surface area contributed by atoms with E-state index < -0.39 is 0 Å². The van der Waals surface area contributed by atoms with Crippen molar-refractivity contribution in [2.24, 2.45) is 0 Å². The van der Waals surface area contributed by atoms with Gasteiger partial charge in [0.25, 0.3) is 0 Å². The molecule has 4 heteroatoms. The Hall–Kier alpha value is -1.42. The summed E-state index contributed by atoms with van der Waals surface area (Å²) in [7, 11) is 0. The van der Waals surface area contributed by atoms with E-state index in [9.17, 15) is 4.79 Å². The molecule has 1 unspecified atom stereocenters. The summed E-state index contributed by atoms with van der Waals surface area (Å²) in [4.78, 5) is 15.4. The van der Waals surface area contributed by atoms with Crippen LogP contribution in [0.15, 0.2) is 24.5 Å². The average molecular weight is 252 g/mol. The maximum absolute atomic E-state index is 11.5. The van der Waals surface area contributed by atoms with E-state index in [0.717, 1.165) is 19.5 Å². The first-order chi connectivity index (χ1) is 8.86. The van der Waals surface area contributed by atoms with Crippen molar-refractivity contribution in [1.82, 2.24) is 10.3 Å². The zero-order chi connectivity index (χ0) is 13.8. The van der Waals surface area contributed by atoms with Gasteiger partial charge in [-0.3, -0.25) is 4.98 Å². The molecule has 2 rings (SSSR count). The summed E-state index contributed by atoms with van der Waals surface area (Å²) in [5.74, 6) is -0.285. The predicted molar refractivity (Wildman–Crippen MR) is 73.6 cm³/mol. The molecule has 0 saturated carbocycles. The Morgan fingerprint density at radius 3 is 2.61 bits per heavy atom. The molecule has 1 N–H and O–H groups in total. The van der Waals surface area contributed by atoms with Crippen molar-refractivity contribution >= 4 is 5.97 Å². The van der Waals surface area contributed by atoms with Gasteiger partial charge in [0.05, 0.1) is 5.56 Å². The Morgan fingerprint density at radius 1 is 1.39 bits per heavy atom. The van der Waals surface area contributed by atoms with Gasteiger partial charge in [0.15, 0.2) is 0 Å². The predicted octanol–water partition coefficient (Wildman–Crippen LogP) is 2.65. The van der Waals surface area contributed by atoms with Crippen LogP contribution in [-0.2, 0) is 4.74 Å². The van der Waals surface area contributed by atoms with E-state index >= 15 is 0 Å². The number of hydrogen-bond acceptors (Lipinski definition) is 4. The minimum absolute atomic E-state index is 0.0164. The monoisotopic (exact) mass is 252 g/mol. The molecule has 0 aromatic carbocycles. The van der Waals surface area contributed by atoms with Gasteiger partial charge in [-0.25, -0.2) is 4.79 Å². The minimum atomic E-state index is -0.285. The van der Waals surface area contributed by atoms with Crippen LogP contribution in [0.25, 0.3) is 0 Å². The molecule has 18 heavy (non-hydrogen) atoms. The maximum atomic E-state index is 11.5. The summed E-state index contributed by atoms with van der Waals surface area (Å²) in [6, 6.07) is 3.43. The molecule has 1 aromatic heterocycles. The Balaban J connectivity index is 0.000000659. The fourth-order valence-electron chi connectivity index (χ4n) is 1.43. The summed E-state index contributed by atoms with van der Waals surface area (Å²) in [6.07, 6.45) is 4.06. The lowest BCUT2D eigenvalue weighted by Gasteiger charge is -2.09. The first kappa shape index (κ1) is 16.6. The molecule has 0 aliphatic carbocycles. The van der Waals surface area contributed by atoms with Crippen molar-refractivity contribution in [1.29, 1.82) is 0 Å². The van der Waals surface area contributed by atoms with Crippen molar-refractivity contribution in [2.75, 3.05) is 13.1 Å². The quantitative estimate of drug-likeness (QED) is 0.822. The highest BCUT2D eigenvalue weighted by Crippen LogP contribution is 2.07. The number of ether oxygens (including phenoxy) is 1. The fourth-order valence-corrected chi connectivity index (χ4v) is 1.43. The molecule has 0 radical (unpaired) electrons. The zero-order valence-corrected chi connectivity index (χ0v) is 11.8. The average Bonchev–Trinajstić information content (AvgIpc) is 2.97. The molecule has 0 spiro atoms. The van der Waals surface area contributed by atoms with Gasteiger partial charge in [-0.1, -0.05) is 27.7 Å². The summed E-state index contributed by atoms with van der Waals surface area (Å²) in [5, 5.41) is 3.14. The molecule has 4 nitrogen and oxygen atoms in total. The normalized spacial score (nSPS) is 16.8. The first-order valence-electron chi connectivity index (χ1n) is 6.68. The summed E-state index contributed by atoms with van der Waals surface area (Å²) < 4.78 is 5.26. The second-order valence-electron chi connectivity index (χ2n) is 3.26. The van der Waals surface area contributed by atoms with Gasteiger partial charge in [-0.05, 0) is 25.1 Å². The van der Waals surface area contributed by atoms with Crippen LogP contribution in [-0.4, -0.2) is 30.1 Å². The van der Waals surface area contributed by atoms with Crippen LogP contribution < -0.4 is 5.32 Å². The fraction of sp³-hybridized carbons (Fsp3) is 0.571. The van der Waals surface area contributed by atoms with Gasteiger partial charge in [-0.2, -0.15) is 0 Å². The number of aromatic nitrogens is 1. The number of carbonyl (C=O) groups is 1. The summed E-state index contributed by atoms with van der Waals surface area (Å²) >= 11 is 0. The summed E-state index contributed by atoms with van der Waals surface area (Å²) in [6.45, 7) is 9.68. The van der Waals surface area contributed by atoms with Gasteiger partial charge in [-0.15, -0.1) is 0 Å². The number of pyridine rings is 1. The lowest BCUT2D eigenvalue weighted by Crippen LogP contribution is -2.20. The maximum Gasteiger partial charge on any atom is 0.340 e. The molecule has 1 saturated heterocycles. The third-order valence-electron chi connectivity index (χ3n) is 2.19. The van der Waals surface area contributed by atoms with E-state index in [1.807, 2.05) is 27.7 Å². The third-order valence-corrected chi connectivity index (χ3v) is 2.19. The number of nitrogens with zero attached hydrogens (tertiary/aromatic N) is 1. The van der Waals surface area contributed by atoms with Crippen LogP contribution in [0.1, 0.15) is 44.5 Å². The molecule has 102 valence electrons. The van der Waals surface area contributed by atoms with Gasteiger partial charge >= 0.3 is 5.97 Å². The Bertz CT molecular complexity index is 309. The zero-order valence-electron chi connectivity index (χ0n) is 11.8. The van der Waals surface area contributed by atoms with Crippen molar-refractivity contribution in [3.63, 3.8) is 0 Å². The molecule has 1 aromatic rings. The Kier molecular flexibility index (Phi) is 9.87. The highest BCUT2D eigenvalue weighted by molar-refractivity contribution is 5.89. The second-order valence-corrected chi connectivity index (χ2v) is 3.26. The van der Waals surface area contributed by atoms with Crippen LogP contribution in [0.2, 0.25) is 0 Å². The van der Waals surface area contributed by atoms with E-state index in [1.54, 1.807) is 18.3 Å². The van der Waals surface area contributed by atoms with Crippen molar-refractivity contribution < 1.29 is 9.53 Å². The van der Waals surface area contributed by atoms with E-state index in [4.69, 9.17) is 4.74 Å². The molecular weight excluding hydrogens is 228 g/mol. The van der Waals surface area contributed by atoms with Gasteiger partial charge < -0.3 is 10.1 Å². The first-order valence-corrected chi connectivity index (χ1v) is 6.68. The van der Waals surface area contributed by atoms with E-state index in [1.165, 1.54) is 6.20 Å². The summed E-state index contributed by atoms with van der Waals surface area (Å²) in [5.41, 5.74) is 0.513. The van der Waals surface area contributed by atoms with Crippen LogP contribution in [0.5, 0.6) is 0 Å². The smallest absolute Gasteiger partial charge is 0.340 e. The van der Waals surface area contributed by atoms with E-state index in [2.05, 4.69) is 10.3 Å². The topological polar surface area (TPSA) is 51.2 Å². The van der Waals surface area contributed by atoms with Crippen LogP contribution >= 0.6 is 0 Å². The highest BCUT2D eigenvalue weighted by atomic mass is 16.5. The number of hydrogen-bond donors (Lipinski definition) is 1. The van der Waals surface area contributed by atoms with E-state index in [-0.39, 0.29) is 12.1 Å². The van der Waals surface area contributed by atoms with Crippen LogP contribution in [0.4, 0.5) is 0 Å². The van der Waals surface area contributed by atoms with Gasteiger partial charge in [0, 0.05) is 18.9 Å². The third kappa shape index (κ3) is 5.77. The number of rotatable bonds is 2. The highest BCUT2D eigenvalue weighted by Gasteiger charge is 2.19. The standard InChI is InChI=1S/C10H12N2O2.2C2H6/c13-10(8-2-1-4-11-6-8)14-9-3-5-12-7-9;2*1-2/h1-2,4,6,9,12H,3,5,7H2;2*1-2H3. The van der Waals surface area contributed by atoms with Crippen molar-refractivity contribution in [3.05, 3.63) is 30.1 Å². The Labute approximate surface area is 110 Å². The molecule has 1 aliphatic rings. The lowest BCUT2D eigenvalue weighted by atomic mass is 10.3. The SMILES string of the molecule is CC.CC.O=C(OC1CCNC1)c1cccnc1. The van der Waals surface area contributed by atoms with Gasteiger partial charge in [0.2, 0.25) is 0 Å². The molecular formula is C14H24N2O2. The van der Waals surface area contributed by atoms with Crippen LogP contribution in [0.3, 0.4) is 0 Å². The molecule has 1 atom stereocenters. The molecule has 1 fully saturated rings. The Morgan fingerprint density at radius 2 is 2.11 bits per heavy atom. The molecule has 0 bridgehead atoms. The number of esters is 1. The lowest BCUT2D eigenvalue weighted by molar-refractivity contribution is 0.0344. The largest absolute Gasteiger partial charge is 0.457 e. The molecule has 2 heterocycles. The second kappa shape index (κ2) is 10.7. The van der Waals surface area contributed by atoms with Gasteiger partial charge in [0.1, 0.15) is 6.10 Å². The molecule has 1 aliphatic heterocycles. The van der Waals surface area contributed by atoms with Crippen molar-refractivity contribution in [3.8, 4) is 0 Å². The minimum Gasteiger partial charge on any atom is -0.457 e. The van der Waals surface area contributed by atoms with Crippen LogP contribution in [0, 0.1) is 0 Å².